The number of amides is 2. The number of halogens is 1. The number of nitrogens with zero attached hydrogens (tertiary/aromatic N) is 1. The molecule has 50 heavy (non-hydrogen) atoms. The molecule has 0 saturated carbocycles. The van der Waals surface area contributed by atoms with Crippen LogP contribution >= 0.6 is 0 Å². The van der Waals surface area contributed by atoms with Gasteiger partial charge < -0.3 is 32.6 Å². The Morgan fingerprint density at radius 1 is 0.500 bits per heavy atom. The van der Waals surface area contributed by atoms with Crippen molar-refractivity contribution in [1.82, 2.24) is 10.6 Å². The van der Waals surface area contributed by atoms with E-state index in [9.17, 15) is 14.7 Å². The van der Waals surface area contributed by atoms with E-state index in [0.717, 1.165) is 69.1 Å². The maximum absolute atomic E-state index is 12.7. The Bertz CT molecular complexity index is 722. The summed E-state index contributed by atoms with van der Waals surface area (Å²) in [6.45, 7) is 7.43. The van der Waals surface area contributed by atoms with Crippen molar-refractivity contribution in [2.75, 3.05) is 40.3 Å². The van der Waals surface area contributed by atoms with Crippen molar-refractivity contribution in [3.63, 3.8) is 0 Å². The van der Waals surface area contributed by atoms with Crippen molar-refractivity contribution in [3.8, 4) is 0 Å². The van der Waals surface area contributed by atoms with Gasteiger partial charge in [-0.3, -0.25) is 9.59 Å². The lowest BCUT2D eigenvalue weighted by Crippen LogP contribution is -3.00. The van der Waals surface area contributed by atoms with Crippen LogP contribution in [0.5, 0.6) is 0 Å². The molecule has 0 spiro atoms. The number of carbonyl (C=O) groups excluding carboxylic acids is 2. The maximum atomic E-state index is 12.7. The van der Waals surface area contributed by atoms with Gasteiger partial charge in [0.25, 0.3) is 0 Å². The van der Waals surface area contributed by atoms with Gasteiger partial charge in [0, 0.05) is 44.9 Å². The molecule has 0 aliphatic carbocycles. The highest BCUT2D eigenvalue weighted by Crippen LogP contribution is 2.15. The predicted molar refractivity (Wildman–Crippen MR) is 213 cm³/mol. The Hall–Kier alpha value is -0.850. The molecule has 0 aromatic carbocycles. The van der Waals surface area contributed by atoms with E-state index >= 15 is 0 Å². The number of quaternary nitrogens is 1. The van der Waals surface area contributed by atoms with Crippen LogP contribution in [0.3, 0.4) is 0 Å². The molecule has 2 amide bonds. The Labute approximate surface area is 318 Å². The lowest BCUT2D eigenvalue weighted by atomic mass is 10.0. The molecule has 0 aromatic rings. The van der Waals surface area contributed by atoms with Gasteiger partial charge in [0.05, 0.1) is 27.2 Å². The summed E-state index contributed by atoms with van der Waals surface area (Å²) in [5.74, 6) is 0.367. The van der Waals surface area contributed by atoms with E-state index in [4.69, 9.17) is 0 Å². The summed E-state index contributed by atoms with van der Waals surface area (Å²) in [6, 6.07) is 0.124. The van der Waals surface area contributed by atoms with Gasteiger partial charge in [-0.05, 0) is 25.7 Å². The topological polar surface area (TPSA) is 78.4 Å². The molecule has 0 fully saturated rings. The van der Waals surface area contributed by atoms with Crippen molar-refractivity contribution in [1.29, 1.82) is 0 Å². The van der Waals surface area contributed by atoms with Gasteiger partial charge in [-0.2, -0.15) is 0 Å². The van der Waals surface area contributed by atoms with Crippen molar-refractivity contribution in [2.45, 2.75) is 225 Å². The van der Waals surface area contributed by atoms with Crippen molar-refractivity contribution < 1.29 is 31.6 Å². The fourth-order valence-electron chi connectivity index (χ4n) is 6.97. The van der Waals surface area contributed by atoms with E-state index in [1.54, 1.807) is 0 Å². The van der Waals surface area contributed by atoms with Gasteiger partial charge >= 0.3 is 0 Å². The van der Waals surface area contributed by atoms with Crippen LogP contribution in [-0.4, -0.2) is 67.8 Å². The Morgan fingerprint density at radius 2 is 0.880 bits per heavy atom. The number of carbonyl (C=O) groups is 2. The summed E-state index contributed by atoms with van der Waals surface area (Å²) in [6.07, 6.45) is 39.0. The van der Waals surface area contributed by atoms with Crippen molar-refractivity contribution in [3.05, 3.63) is 0 Å². The quantitative estimate of drug-likeness (QED) is 0.0441. The van der Waals surface area contributed by atoms with Crippen LogP contribution in [0, 0.1) is 0 Å². The summed E-state index contributed by atoms with van der Waals surface area (Å²) in [4.78, 5) is 25.0. The first kappa shape index (κ1) is 51.3. The van der Waals surface area contributed by atoms with Crippen LogP contribution < -0.4 is 23.0 Å². The molecular formula is C43H88ClN3O3. The third kappa shape index (κ3) is 38.4. The number of aliphatic hydroxyl groups excluding tert-OH is 1. The summed E-state index contributed by atoms with van der Waals surface area (Å²) >= 11 is 0. The summed E-state index contributed by atoms with van der Waals surface area (Å²) in [5.41, 5.74) is 0. The third-order valence-electron chi connectivity index (χ3n) is 10.4. The van der Waals surface area contributed by atoms with E-state index in [-0.39, 0.29) is 36.9 Å². The van der Waals surface area contributed by atoms with Crippen LogP contribution in [0.25, 0.3) is 0 Å². The van der Waals surface area contributed by atoms with Crippen LogP contribution in [0.1, 0.15) is 219 Å². The number of hydrogen-bond acceptors (Lipinski definition) is 3. The maximum Gasteiger partial charge on any atom is 0.220 e. The van der Waals surface area contributed by atoms with Gasteiger partial charge in [0.2, 0.25) is 11.8 Å². The molecule has 0 bridgehead atoms. The summed E-state index contributed by atoms with van der Waals surface area (Å²) < 4.78 is 0.874. The monoisotopic (exact) mass is 730 g/mol. The highest BCUT2D eigenvalue weighted by Gasteiger charge is 2.20. The largest absolute Gasteiger partial charge is 1.00 e. The third-order valence-corrected chi connectivity index (χ3v) is 10.4. The predicted octanol–water partition coefficient (Wildman–Crippen LogP) is 8.18. The zero-order valence-electron chi connectivity index (χ0n) is 34.1. The molecule has 1 unspecified atom stereocenters. The minimum atomic E-state index is 0. The molecule has 7 heteroatoms. The van der Waals surface area contributed by atoms with Gasteiger partial charge in [-0.15, -0.1) is 0 Å². The zero-order valence-corrected chi connectivity index (χ0v) is 34.9. The molecule has 0 aliphatic rings. The molecule has 0 radical (unpaired) electrons. The van der Waals surface area contributed by atoms with Crippen LogP contribution in [-0.2, 0) is 9.59 Å². The number of aliphatic hydroxyl groups is 1. The van der Waals surface area contributed by atoms with Gasteiger partial charge in [-0.1, -0.05) is 168 Å². The second kappa shape index (κ2) is 39.4. The second-order valence-corrected chi connectivity index (χ2v) is 16.0. The summed E-state index contributed by atoms with van der Waals surface area (Å²) in [5, 5.41) is 15.8. The zero-order chi connectivity index (χ0) is 36.1. The molecule has 3 N–H and O–H groups in total. The normalized spacial score (nSPS) is 12.1. The second-order valence-electron chi connectivity index (χ2n) is 16.0. The lowest BCUT2D eigenvalue weighted by Gasteiger charge is -2.32. The van der Waals surface area contributed by atoms with Crippen molar-refractivity contribution in [2.24, 2.45) is 0 Å². The molecule has 0 saturated heterocycles. The van der Waals surface area contributed by atoms with Gasteiger partial charge in [0.15, 0.2) is 0 Å². The molecular weight excluding hydrogens is 642 g/mol. The molecule has 0 heterocycles. The minimum absolute atomic E-state index is 0. The first-order valence-corrected chi connectivity index (χ1v) is 21.8. The first-order chi connectivity index (χ1) is 23.8. The molecule has 6 nitrogen and oxygen atoms in total. The number of rotatable bonds is 39. The van der Waals surface area contributed by atoms with Crippen molar-refractivity contribution >= 4 is 11.8 Å². The Morgan fingerprint density at radius 3 is 1.28 bits per heavy atom. The highest BCUT2D eigenvalue weighted by molar-refractivity contribution is 5.76. The van der Waals surface area contributed by atoms with Gasteiger partial charge in [0.1, 0.15) is 0 Å². The molecule has 0 rings (SSSR count). The molecule has 300 valence electrons. The van der Waals surface area contributed by atoms with E-state index in [1.807, 2.05) is 0 Å². The smallest absolute Gasteiger partial charge is 0.220 e. The molecule has 1 atom stereocenters. The first-order valence-electron chi connectivity index (χ1n) is 21.8. The van der Waals surface area contributed by atoms with E-state index in [2.05, 4.69) is 38.6 Å². The average Bonchev–Trinajstić information content (AvgIpc) is 3.08. The number of nitrogens with one attached hydrogen (secondary N) is 2. The number of hydrogen-bond donors (Lipinski definition) is 3. The number of unbranched alkanes of at least 4 members (excludes halogenated alkanes) is 24. The Balaban J connectivity index is 0. The Kier molecular flexibility index (Phi) is 40.3. The average molecular weight is 731 g/mol. The standard InChI is InChI=1S/C43H87N3O3.ClH/c1-5-7-9-11-13-15-17-19-21-23-25-27-29-34-42(48)44-37-32-38-46(3,4)39-36-41(33-31-40-47)45-43(49)35-30-28-26-24-22-20-18-16-14-12-10-8-6-2;/h41,47H,5-40H2,1-4H3,(H-,44,45,48,49);1H. The fraction of sp³-hybridized carbons (Fsp3) is 0.953. The van der Waals surface area contributed by atoms with Crippen LogP contribution in [0.2, 0.25) is 0 Å². The van der Waals surface area contributed by atoms with Gasteiger partial charge in [-0.25, -0.2) is 0 Å². The SMILES string of the molecule is CCCCCCCCCCCCCCCC(=O)NCCC[N+](C)(C)CCC(CCCO)NC(=O)CCCCCCCCCCCCCCC.[Cl-]. The van der Waals surface area contributed by atoms with Crippen LogP contribution in [0.4, 0.5) is 0 Å². The molecule has 0 aliphatic heterocycles. The minimum Gasteiger partial charge on any atom is -1.00 e. The van der Waals surface area contributed by atoms with E-state index in [0.29, 0.717) is 12.8 Å². The lowest BCUT2D eigenvalue weighted by molar-refractivity contribution is -0.890. The highest BCUT2D eigenvalue weighted by atomic mass is 35.5. The summed E-state index contributed by atoms with van der Waals surface area (Å²) in [7, 11) is 4.49. The van der Waals surface area contributed by atoms with Crippen LogP contribution in [0.15, 0.2) is 0 Å². The molecule has 0 aromatic heterocycles. The fourth-order valence-corrected chi connectivity index (χ4v) is 6.97. The van der Waals surface area contributed by atoms with E-state index < -0.39 is 0 Å². The van der Waals surface area contributed by atoms with E-state index in [1.165, 1.54) is 148 Å².